The van der Waals surface area contributed by atoms with Gasteiger partial charge in [0.05, 0.1) is 6.54 Å². The van der Waals surface area contributed by atoms with Crippen molar-refractivity contribution in [2.75, 3.05) is 13.1 Å². The van der Waals surface area contributed by atoms with Crippen molar-refractivity contribution < 1.29 is 14.7 Å². The van der Waals surface area contributed by atoms with Crippen LogP contribution in [-0.4, -0.2) is 58.0 Å². The average Bonchev–Trinajstić information content (AvgIpc) is 3.19. The Morgan fingerprint density at radius 1 is 1.05 bits per heavy atom. The molecule has 3 fully saturated rings. The predicted molar refractivity (Wildman–Crippen MR) is 83.5 cm³/mol. The van der Waals surface area contributed by atoms with Crippen molar-refractivity contribution in [2.45, 2.75) is 76.4 Å². The molecule has 3 rings (SSSR count). The first kappa shape index (κ1) is 15.8. The fraction of sp³-hybridized carbons (Fsp3) is 0.882. The number of hydrogen-bond acceptors (Lipinski definition) is 3. The molecule has 2 saturated carbocycles. The molecule has 1 amide bonds. The van der Waals surface area contributed by atoms with Crippen LogP contribution in [0, 0.1) is 5.92 Å². The van der Waals surface area contributed by atoms with E-state index < -0.39 is 12.0 Å². The SMILES string of the molecule is CC1CCC(N(C(=O)CN2CCC[C@H]2C(=O)O)C2CC2)CC1. The Morgan fingerprint density at radius 3 is 2.18 bits per heavy atom. The number of carboxylic acid groups (broad SMARTS) is 1. The lowest BCUT2D eigenvalue weighted by Gasteiger charge is -2.37. The van der Waals surface area contributed by atoms with Crippen LogP contribution in [0.2, 0.25) is 0 Å². The highest BCUT2D eigenvalue weighted by atomic mass is 16.4. The number of carboxylic acids is 1. The minimum absolute atomic E-state index is 0.162. The number of rotatable bonds is 5. The van der Waals surface area contributed by atoms with Gasteiger partial charge in [0.2, 0.25) is 5.91 Å². The summed E-state index contributed by atoms with van der Waals surface area (Å²) >= 11 is 0. The van der Waals surface area contributed by atoms with Crippen LogP contribution in [0.25, 0.3) is 0 Å². The Labute approximate surface area is 132 Å². The van der Waals surface area contributed by atoms with Gasteiger partial charge in [-0.2, -0.15) is 0 Å². The molecule has 0 spiro atoms. The fourth-order valence-corrected chi connectivity index (χ4v) is 4.13. The molecule has 22 heavy (non-hydrogen) atoms. The standard InChI is InChI=1S/C17H28N2O3/c1-12-4-6-13(7-5-12)19(14-8-9-14)16(20)11-18-10-2-3-15(18)17(21)22/h12-15H,2-11H2,1H3,(H,21,22)/t12?,13?,15-/m0/s1. The van der Waals surface area contributed by atoms with E-state index in [0.29, 0.717) is 25.0 Å². The van der Waals surface area contributed by atoms with Crippen molar-refractivity contribution in [2.24, 2.45) is 5.92 Å². The lowest BCUT2D eigenvalue weighted by atomic mass is 9.86. The van der Waals surface area contributed by atoms with Crippen molar-refractivity contribution >= 4 is 11.9 Å². The first-order valence-electron chi connectivity index (χ1n) is 8.84. The summed E-state index contributed by atoms with van der Waals surface area (Å²) in [7, 11) is 0. The third kappa shape index (κ3) is 3.45. The summed E-state index contributed by atoms with van der Waals surface area (Å²) in [5, 5.41) is 9.27. The maximum absolute atomic E-state index is 12.8. The zero-order valence-electron chi connectivity index (χ0n) is 13.5. The molecule has 1 aliphatic heterocycles. The molecular weight excluding hydrogens is 280 g/mol. The maximum atomic E-state index is 12.8. The summed E-state index contributed by atoms with van der Waals surface area (Å²) in [5.41, 5.74) is 0. The van der Waals surface area contributed by atoms with Gasteiger partial charge in [-0.1, -0.05) is 6.92 Å². The number of hydrogen-bond donors (Lipinski definition) is 1. The van der Waals surface area contributed by atoms with Gasteiger partial charge >= 0.3 is 5.97 Å². The van der Waals surface area contributed by atoms with Crippen LogP contribution in [0.3, 0.4) is 0 Å². The number of nitrogens with zero attached hydrogens (tertiary/aromatic N) is 2. The zero-order chi connectivity index (χ0) is 15.7. The molecule has 0 aromatic heterocycles. The summed E-state index contributed by atoms with van der Waals surface area (Å²) < 4.78 is 0. The van der Waals surface area contributed by atoms with E-state index in [0.717, 1.165) is 44.6 Å². The van der Waals surface area contributed by atoms with Gasteiger partial charge in [0.25, 0.3) is 0 Å². The van der Waals surface area contributed by atoms with Crippen molar-refractivity contribution in [1.29, 1.82) is 0 Å². The second-order valence-corrected chi connectivity index (χ2v) is 7.41. The monoisotopic (exact) mass is 308 g/mol. The van der Waals surface area contributed by atoms with Crippen LogP contribution in [0.4, 0.5) is 0 Å². The Morgan fingerprint density at radius 2 is 1.64 bits per heavy atom. The quantitative estimate of drug-likeness (QED) is 0.845. The molecule has 1 saturated heterocycles. The summed E-state index contributed by atoms with van der Waals surface area (Å²) in [5.74, 6) is 0.160. The highest BCUT2D eigenvalue weighted by Gasteiger charge is 2.40. The van der Waals surface area contributed by atoms with Gasteiger partial charge < -0.3 is 10.0 Å². The van der Waals surface area contributed by atoms with Crippen molar-refractivity contribution in [3.8, 4) is 0 Å². The molecule has 0 aromatic carbocycles. The molecule has 1 heterocycles. The molecule has 0 aromatic rings. The minimum atomic E-state index is -0.783. The van der Waals surface area contributed by atoms with E-state index >= 15 is 0 Å². The molecule has 5 heteroatoms. The van der Waals surface area contributed by atoms with Gasteiger partial charge in [-0.05, 0) is 63.8 Å². The molecular formula is C17H28N2O3. The van der Waals surface area contributed by atoms with Gasteiger partial charge in [-0.3, -0.25) is 14.5 Å². The third-order valence-corrected chi connectivity index (χ3v) is 5.59. The summed E-state index contributed by atoms with van der Waals surface area (Å²) in [4.78, 5) is 28.1. The molecule has 5 nitrogen and oxygen atoms in total. The number of likely N-dealkylation sites (tertiary alicyclic amines) is 1. The Hall–Kier alpha value is -1.10. The van der Waals surface area contributed by atoms with E-state index in [-0.39, 0.29) is 5.91 Å². The lowest BCUT2D eigenvalue weighted by Crippen LogP contribution is -2.49. The van der Waals surface area contributed by atoms with E-state index in [9.17, 15) is 14.7 Å². The van der Waals surface area contributed by atoms with Gasteiger partial charge in [0.15, 0.2) is 0 Å². The van der Waals surface area contributed by atoms with E-state index in [1.54, 1.807) is 0 Å². The Bertz CT molecular complexity index is 428. The van der Waals surface area contributed by atoms with Crippen LogP contribution in [0.5, 0.6) is 0 Å². The highest BCUT2D eigenvalue weighted by molar-refractivity contribution is 5.81. The molecule has 0 radical (unpaired) electrons. The van der Waals surface area contributed by atoms with Crippen LogP contribution < -0.4 is 0 Å². The highest BCUT2D eigenvalue weighted by Crippen LogP contribution is 2.35. The lowest BCUT2D eigenvalue weighted by molar-refractivity contribution is -0.144. The second kappa shape index (κ2) is 6.57. The predicted octanol–water partition coefficient (Wildman–Crippen LogP) is 2.11. The number of carbonyl (C=O) groups excluding carboxylic acids is 1. The number of amides is 1. The summed E-state index contributed by atoms with van der Waals surface area (Å²) in [6.45, 7) is 3.32. The van der Waals surface area contributed by atoms with Crippen LogP contribution in [0.1, 0.15) is 58.3 Å². The van der Waals surface area contributed by atoms with Crippen molar-refractivity contribution in [1.82, 2.24) is 9.80 Å². The molecule has 1 atom stereocenters. The van der Waals surface area contributed by atoms with Gasteiger partial charge in [-0.25, -0.2) is 0 Å². The molecule has 0 unspecified atom stereocenters. The van der Waals surface area contributed by atoms with E-state index in [4.69, 9.17) is 0 Å². The number of aliphatic carboxylic acids is 1. The van der Waals surface area contributed by atoms with E-state index in [1.807, 2.05) is 4.90 Å². The molecule has 0 bridgehead atoms. The van der Waals surface area contributed by atoms with E-state index in [2.05, 4.69) is 11.8 Å². The average molecular weight is 308 g/mol. The first-order valence-corrected chi connectivity index (χ1v) is 8.84. The van der Waals surface area contributed by atoms with Gasteiger partial charge in [0, 0.05) is 12.1 Å². The maximum Gasteiger partial charge on any atom is 0.320 e. The van der Waals surface area contributed by atoms with Crippen LogP contribution in [0.15, 0.2) is 0 Å². The fourth-order valence-electron chi connectivity index (χ4n) is 4.13. The normalized spacial score (nSPS) is 32.9. The van der Waals surface area contributed by atoms with Crippen LogP contribution >= 0.6 is 0 Å². The molecule has 1 N–H and O–H groups in total. The smallest absolute Gasteiger partial charge is 0.320 e. The Kier molecular flexibility index (Phi) is 4.71. The third-order valence-electron chi connectivity index (χ3n) is 5.59. The summed E-state index contributed by atoms with van der Waals surface area (Å²) in [6, 6.07) is 0.357. The first-order chi connectivity index (χ1) is 10.6. The van der Waals surface area contributed by atoms with Gasteiger partial charge in [0.1, 0.15) is 6.04 Å². The topological polar surface area (TPSA) is 60.9 Å². The summed E-state index contributed by atoms with van der Waals surface area (Å²) in [6.07, 6.45) is 8.46. The van der Waals surface area contributed by atoms with Crippen molar-refractivity contribution in [3.63, 3.8) is 0 Å². The molecule has 3 aliphatic rings. The molecule has 124 valence electrons. The van der Waals surface area contributed by atoms with Crippen LogP contribution in [-0.2, 0) is 9.59 Å². The largest absolute Gasteiger partial charge is 0.480 e. The minimum Gasteiger partial charge on any atom is -0.480 e. The molecule has 2 aliphatic carbocycles. The second-order valence-electron chi connectivity index (χ2n) is 7.41. The van der Waals surface area contributed by atoms with Crippen molar-refractivity contribution in [3.05, 3.63) is 0 Å². The van der Waals surface area contributed by atoms with Gasteiger partial charge in [-0.15, -0.1) is 0 Å². The van der Waals surface area contributed by atoms with E-state index in [1.165, 1.54) is 12.8 Å². The Balaban J connectivity index is 1.62. The zero-order valence-corrected chi connectivity index (χ0v) is 13.5. The number of carbonyl (C=O) groups is 2.